The van der Waals surface area contributed by atoms with Gasteiger partial charge in [0.25, 0.3) is 20.2 Å². The first-order valence-electron chi connectivity index (χ1n) is 15.3. The lowest BCUT2D eigenvalue weighted by Crippen LogP contribution is -2.53. The molecule has 2 atom stereocenters. The smallest absolute Gasteiger partial charge is 0.266 e. The fourth-order valence-corrected chi connectivity index (χ4v) is 4.85. The molecule has 0 saturated heterocycles. The van der Waals surface area contributed by atoms with Gasteiger partial charge in [0.1, 0.15) is 0 Å². The fraction of sp³-hybridized carbons (Fsp3) is 0.939. The van der Waals surface area contributed by atoms with Crippen molar-refractivity contribution in [2.45, 2.75) is 155 Å². The van der Waals surface area contributed by atoms with E-state index in [1.165, 1.54) is 0 Å². The summed E-state index contributed by atoms with van der Waals surface area (Å²) in [6.07, 6.45) is 0. The van der Waals surface area contributed by atoms with E-state index in [0.29, 0.717) is 10.8 Å². The number of carbonyl (C=O) groups is 2. The molecule has 4 N–H and O–H groups in total. The lowest BCUT2D eigenvalue weighted by Gasteiger charge is -2.31. The lowest BCUT2D eigenvalue weighted by atomic mass is 9.86. The van der Waals surface area contributed by atoms with Crippen LogP contribution in [0.15, 0.2) is 0 Å². The SMILES string of the molecule is C.CC(C)(C)COCC(C)(C)C.CC(C)(C)NC(CS(=O)(=O)O)C(=O)C(C)(C)C.CC(C)(C)NC(CS(=O)(=O)O)C(=O)C(C)(C)C. The second kappa shape index (κ2) is 18.7. The van der Waals surface area contributed by atoms with E-state index >= 15 is 0 Å². The highest BCUT2D eigenvalue weighted by atomic mass is 32.2. The highest BCUT2D eigenvalue weighted by Gasteiger charge is 2.35. The highest BCUT2D eigenvalue weighted by Crippen LogP contribution is 2.21. The van der Waals surface area contributed by atoms with Gasteiger partial charge in [0.05, 0.1) is 36.8 Å². The van der Waals surface area contributed by atoms with Crippen LogP contribution in [0.25, 0.3) is 0 Å². The van der Waals surface area contributed by atoms with Gasteiger partial charge in [-0.15, -0.1) is 0 Å². The van der Waals surface area contributed by atoms with Gasteiger partial charge in [-0.25, -0.2) is 0 Å². The molecule has 0 heterocycles. The number of hydrogen-bond acceptors (Lipinski definition) is 9. The molecule has 2 unspecified atom stereocenters. The average Bonchev–Trinajstić information content (AvgIpc) is 2.65. The summed E-state index contributed by atoms with van der Waals surface area (Å²) in [7, 11) is -8.37. The van der Waals surface area contributed by atoms with E-state index in [1.807, 2.05) is 41.5 Å². The third-order valence-electron chi connectivity index (χ3n) is 5.15. The summed E-state index contributed by atoms with van der Waals surface area (Å²) in [4.78, 5) is 24.2. The van der Waals surface area contributed by atoms with E-state index in [4.69, 9.17) is 13.8 Å². The molecule has 0 aliphatic rings. The number of hydrogen-bond donors (Lipinski definition) is 4. The van der Waals surface area contributed by atoms with Crippen LogP contribution in [-0.2, 0) is 34.6 Å². The molecule has 280 valence electrons. The maximum absolute atomic E-state index is 12.1. The summed E-state index contributed by atoms with van der Waals surface area (Å²) in [5.41, 5.74) is -1.54. The van der Waals surface area contributed by atoms with E-state index < -0.39 is 65.7 Å². The maximum Gasteiger partial charge on any atom is 0.266 e. The minimum atomic E-state index is -4.18. The highest BCUT2D eigenvalue weighted by molar-refractivity contribution is 7.86. The van der Waals surface area contributed by atoms with Crippen molar-refractivity contribution >= 4 is 31.8 Å². The molecule has 0 spiro atoms. The molecule has 0 aromatic rings. The van der Waals surface area contributed by atoms with Gasteiger partial charge >= 0.3 is 0 Å². The summed E-state index contributed by atoms with van der Waals surface area (Å²) in [5.74, 6) is -1.66. The van der Waals surface area contributed by atoms with E-state index in [-0.39, 0.29) is 19.0 Å². The number of ketones is 2. The topological polar surface area (TPSA) is 176 Å². The van der Waals surface area contributed by atoms with Gasteiger partial charge in [0, 0.05) is 21.9 Å². The number of ether oxygens (including phenoxy) is 1. The third kappa shape index (κ3) is 34.4. The molecule has 0 aromatic heterocycles. The lowest BCUT2D eigenvalue weighted by molar-refractivity contribution is -0.129. The quantitative estimate of drug-likeness (QED) is 0.190. The molecule has 11 nitrogen and oxygen atoms in total. The van der Waals surface area contributed by atoms with Crippen molar-refractivity contribution in [2.75, 3.05) is 24.7 Å². The summed E-state index contributed by atoms with van der Waals surface area (Å²) < 4.78 is 67.0. The molecular weight excluding hydrogens is 633 g/mol. The van der Waals surface area contributed by atoms with Crippen molar-refractivity contribution in [3.8, 4) is 0 Å². The Balaban J connectivity index is -0.000000292. The predicted molar refractivity (Wildman–Crippen MR) is 192 cm³/mol. The van der Waals surface area contributed by atoms with Gasteiger partial charge < -0.3 is 15.4 Å². The molecule has 0 fully saturated rings. The first-order valence-corrected chi connectivity index (χ1v) is 18.5. The van der Waals surface area contributed by atoms with Crippen LogP contribution in [0.3, 0.4) is 0 Å². The van der Waals surface area contributed by atoms with Crippen LogP contribution in [0.1, 0.15) is 132 Å². The summed E-state index contributed by atoms with van der Waals surface area (Å²) in [5, 5.41) is 5.86. The molecule has 0 rings (SSSR count). The van der Waals surface area contributed by atoms with Gasteiger partial charge in [-0.3, -0.25) is 18.7 Å². The zero-order valence-corrected chi connectivity index (χ0v) is 33.2. The molecule has 46 heavy (non-hydrogen) atoms. The van der Waals surface area contributed by atoms with E-state index in [0.717, 1.165) is 13.2 Å². The van der Waals surface area contributed by atoms with Crippen LogP contribution in [0.5, 0.6) is 0 Å². The van der Waals surface area contributed by atoms with Crippen LogP contribution < -0.4 is 10.6 Å². The fourth-order valence-electron chi connectivity index (χ4n) is 3.54. The number of rotatable bonds is 10. The molecule has 0 aliphatic heterocycles. The van der Waals surface area contributed by atoms with E-state index in [9.17, 15) is 26.4 Å². The molecule has 0 saturated carbocycles. The van der Waals surface area contributed by atoms with Crippen molar-refractivity contribution in [3.63, 3.8) is 0 Å². The molecule has 0 aromatic carbocycles. The number of nitrogens with one attached hydrogen (secondary N) is 2. The standard InChI is InChI=1S/2C11H23NO4S.C10H22O.CH4/c2*1-10(2,3)9(13)8(7-17(14,15)16)12-11(4,5)6;1-9(2,3)7-11-8-10(4,5)6;/h2*8,12H,7H2,1-6H3,(H,14,15,16);7-8H2,1-6H3;1H4. The van der Waals surface area contributed by atoms with Gasteiger partial charge in [0.2, 0.25) is 0 Å². The first-order chi connectivity index (χ1) is 19.2. The summed E-state index contributed by atoms with van der Waals surface area (Å²) >= 11 is 0. The zero-order chi connectivity index (χ0) is 37.3. The molecule has 13 heteroatoms. The van der Waals surface area contributed by atoms with Crippen LogP contribution in [0.4, 0.5) is 0 Å². The largest absolute Gasteiger partial charge is 0.380 e. The van der Waals surface area contributed by atoms with Crippen molar-refractivity contribution in [2.24, 2.45) is 21.7 Å². The van der Waals surface area contributed by atoms with Gasteiger partial charge in [-0.05, 0) is 52.4 Å². The summed E-state index contributed by atoms with van der Waals surface area (Å²) in [6.45, 7) is 36.2. The Morgan fingerprint density at radius 1 is 0.543 bits per heavy atom. The number of carbonyl (C=O) groups excluding carboxylic acids is 2. The zero-order valence-electron chi connectivity index (χ0n) is 31.6. The van der Waals surface area contributed by atoms with Gasteiger partial charge in [0.15, 0.2) is 11.6 Å². The Labute approximate surface area is 283 Å². The van der Waals surface area contributed by atoms with Crippen molar-refractivity contribution in [1.82, 2.24) is 10.6 Å². The molecule has 0 amide bonds. The predicted octanol–water partition coefficient (Wildman–Crippen LogP) is 6.22. The normalized spacial score (nSPS) is 14.9. The molecule has 0 bridgehead atoms. The van der Waals surface area contributed by atoms with Crippen LogP contribution in [-0.4, -0.2) is 85.4 Å². The first kappa shape index (κ1) is 51.9. The average molecular weight is 705 g/mol. The Hall–Kier alpha value is -0.960. The molecular formula is C33H72N2O9S2. The third-order valence-corrected chi connectivity index (χ3v) is 6.66. The molecule has 0 radical (unpaired) electrons. The minimum absolute atomic E-state index is 0. The van der Waals surface area contributed by atoms with Crippen LogP contribution in [0.2, 0.25) is 0 Å². The van der Waals surface area contributed by atoms with Gasteiger partial charge in [-0.1, -0.05) is 90.5 Å². The second-order valence-corrected chi connectivity index (χ2v) is 21.2. The Kier molecular flexibility index (Phi) is 21.1. The Morgan fingerprint density at radius 3 is 0.891 bits per heavy atom. The van der Waals surface area contributed by atoms with Crippen LogP contribution in [0, 0.1) is 21.7 Å². The van der Waals surface area contributed by atoms with Crippen molar-refractivity contribution in [3.05, 3.63) is 0 Å². The Morgan fingerprint density at radius 2 is 0.761 bits per heavy atom. The van der Waals surface area contributed by atoms with Gasteiger partial charge in [-0.2, -0.15) is 16.8 Å². The van der Waals surface area contributed by atoms with E-state index in [2.05, 4.69) is 52.2 Å². The second-order valence-electron chi connectivity index (χ2n) is 18.2. The summed E-state index contributed by atoms with van der Waals surface area (Å²) in [6, 6.07) is -1.80. The van der Waals surface area contributed by atoms with E-state index in [1.54, 1.807) is 41.5 Å². The van der Waals surface area contributed by atoms with Crippen molar-refractivity contribution in [1.29, 1.82) is 0 Å². The maximum atomic E-state index is 12.1. The molecule has 0 aliphatic carbocycles. The monoisotopic (exact) mass is 704 g/mol. The number of Topliss-reactive ketones (excluding diaryl/α,β-unsaturated/α-hetero) is 2. The Bertz CT molecular complexity index is 1030. The van der Waals surface area contributed by atoms with Crippen molar-refractivity contribution < 1.29 is 40.3 Å². The minimum Gasteiger partial charge on any atom is -0.380 e. The van der Waals surface area contributed by atoms with Crippen LogP contribution >= 0.6 is 0 Å².